The summed E-state index contributed by atoms with van der Waals surface area (Å²) in [4.78, 5) is 11.6. The minimum absolute atomic E-state index is 0.0334. The summed E-state index contributed by atoms with van der Waals surface area (Å²) in [6.07, 6.45) is 5.68. The summed E-state index contributed by atoms with van der Waals surface area (Å²) < 4.78 is 25.8. The van der Waals surface area contributed by atoms with Crippen molar-refractivity contribution in [1.29, 1.82) is 0 Å². The van der Waals surface area contributed by atoms with E-state index in [-0.39, 0.29) is 11.7 Å². The predicted octanol–water partition coefficient (Wildman–Crippen LogP) is 2.13. The second-order valence-electron chi connectivity index (χ2n) is 6.27. The molecule has 0 aromatic heterocycles. The Morgan fingerprint density at radius 1 is 1.14 bits per heavy atom. The minimum Gasteiger partial charge on any atom is -0.356 e. The van der Waals surface area contributed by atoms with Gasteiger partial charge < -0.3 is 5.32 Å². The Morgan fingerprint density at radius 3 is 2.43 bits per heavy atom. The van der Waals surface area contributed by atoms with Gasteiger partial charge in [-0.05, 0) is 38.0 Å². The van der Waals surface area contributed by atoms with Crippen LogP contribution in [0.5, 0.6) is 0 Å². The van der Waals surface area contributed by atoms with Crippen molar-refractivity contribution in [2.45, 2.75) is 58.8 Å². The fraction of sp³-hybridized carbons (Fsp3) is 0.933. The highest BCUT2D eigenvalue weighted by Crippen LogP contribution is 2.14. The number of rotatable bonds is 9. The van der Waals surface area contributed by atoms with Crippen LogP contribution < -0.4 is 5.32 Å². The number of carbonyl (C=O) groups is 1. The van der Waals surface area contributed by atoms with E-state index in [0.29, 0.717) is 44.8 Å². The first-order valence-electron chi connectivity index (χ1n) is 8.16. The van der Waals surface area contributed by atoms with Gasteiger partial charge in [0, 0.05) is 26.1 Å². The molecule has 0 saturated carbocycles. The molecule has 0 atom stereocenters. The first kappa shape index (κ1) is 18.4. The van der Waals surface area contributed by atoms with E-state index >= 15 is 0 Å². The van der Waals surface area contributed by atoms with Crippen LogP contribution >= 0.6 is 0 Å². The number of carbonyl (C=O) groups excluding carboxylic acids is 1. The van der Waals surface area contributed by atoms with E-state index in [1.807, 2.05) is 0 Å². The van der Waals surface area contributed by atoms with E-state index in [1.54, 1.807) is 4.31 Å². The second kappa shape index (κ2) is 9.41. The lowest BCUT2D eigenvalue weighted by Crippen LogP contribution is -2.37. The third-order valence-corrected chi connectivity index (χ3v) is 5.76. The summed E-state index contributed by atoms with van der Waals surface area (Å²) in [6.45, 7) is 6.29. The quantitative estimate of drug-likeness (QED) is 0.662. The molecule has 0 bridgehead atoms. The van der Waals surface area contributed by atoms with Gasteiger partial charge in [-0.3, -0.25) is 4.79 Å². The van der Waals surface area contributed by atoms with Gasteiger partial charge in [-0.2, -0.15) is 0 Å². The molecule has 21 heavy (non-hydrogen) atoms. The number of nitrogens with zero attached hydrogens (tertiary/aromatic N) is 1. The van der Waals surface area contributed by atoms with Crippen LogP contribution in [0.4, 0.5) is 0 Å². The molecular weight excluding hydrogens is 288 g/mol. The fourth-order valence-corrected chi connectivity index (χ4v) is 4.07. The lowest BCUT2D eigenvalue weighted by molar-refractivity contribution is -0.121. The molecule has 0 unspecified atom stereocenters. The number of unbranched alkanes of at least 4 members (excludes halogenated alkanes) is 1. The number of amides is 1. The molecule has 1 N–H and O–H groups in total. The Labute approximate surface area is 129 Å². The molecule has 1 aliphatic rings. The lowest BCUT2D eigenvalue weighted by atomic mass is 10.1. The Hall–Kier alpha value is -0.620. The summed E-state index contributed by atoms with van der Waals surface area (Å²) in [5.74, 6) is 0.790. The first-order chi connectivity index (χ1) is 9.92. The molecule has 1 heterocycles. The van der Waals surface area contributed by atoms with Gasteiger partial charge in [0.2, 0.25) is 15.9 Å². The molecule has 1 aliphatic heterocycles. The second-order valence-corrected chi connectivity index (χ2v) is 8.35. The monoisotopic (exact) mass is 318 g/mol. The highest BCUT2D eigenvalue weighted by atomic mass is 32.2. The summed E-state index contributed by atoms with van der Waals surface area (Å²) in [5, 5.41) is 2.88. The predicted molar refractivity (Wildman–Crippen MR) is 85.5 cm³/mol. The van der Waals surface area contributed by atoms with E-state index < -0.39 is 10.0 Å². The minimum atomic E-state index is -3.11. The van der Waals surface area contributed by atoms with Crippen LogP contribution in [0.3, 0.4) is 0 Å². The maximum atomic E-state index is 12.1. The number of hydrogen-bond acceptors (Lipinski definition) is 3. The highest BCUT2D eigenvalue weighted by Gasteiger charge is 2.23. The van der Waals surface area contributed by atoms with Crippen molar-refractivity contribution >= 4 is 15.9 Å². The zero-order valence-electron chi connectivity index (χ0n) is 13.4. The molecule has 0 spiro atoms. The topological polar surface area (TPSA) is 66.5 Å². The fourth-order valence-electron chi connectivity index (χ4n) is 2.43. The molecule has 1 fully saturated rings. The van der Waals surface area contributed by atoms with E-state index in [2.05, 4.69) is 19.2 Å². The Kier molecular flexibility index (Phi) is 8.26. The van der Waals surface area contributed by atoms with Crippen LogP contribution in [0.25, 0.3) is 0 Å². The smallest absolute Gasteiger partial charge is 0.219 e. The van der Waals surface area contributed by atoms with Gasteiger partial charge in [0.1, 0.15) is 0 Å². The number of nitrogens with one attached hydrogen (secondary N) is 1. The molecule has 0 aromatic carbocycles. The van der Waals surface area contributed by atoms with Crippen LogP contribution in [0.2, 0.25) is 0 Å². The summed E-state index contributed by atoms with van der Waals surface area (Å²) in [7, 11) is -3.11. The van der Waals surface area contributed by atoms with Gasteiger partial charge in [-0.15, -0.1) is 0 Å². The summed E-state index contributed by atoms with van der Waals surface area (Å²) >= 11 is 0. The van der Waals surface area contributed by atoms with Gasteiger partial charge in [-0.25, -0.2) is 12.7 Å². The molecular formula is C15H30N2O3S. The van der Waals surface area contributed by atoms with Crippen LogP contribution in [-0.2, 0) is 14.8 Å². The summed E-state index contributed by atoms with van der Waals surface area (Å²) in [6, 6.07) is 0. The van der Waals surface area contributed by atoms with Crippen molar-refractivity contribution in [1.82, 2.24) is 9.62 Å². The molecule has 1 amide bonds. The van der Waals surface area contributed by atoms with Gasteiger partial charge in [0.25, 0.3) is 0 Å². The average molecular weight is 318 g/mol. The molecule has 0 aliphatic carbocycles. The Morgan fingerprint density at radius 2 is 1.81 bits per heavy atom. The van der Waals surface area contributed by atoms with Gasteiger partial charge >= 0.3 is 0 Å². The van der Waals surface area contributed by atoms with Gasteiger partial charge in [0.15, 0.2) is 0 Å². The normalized spacial score (nSPS) is 17.1. The third-order valence-electron chi connectivity index (χ3n) is 3.81. The largest absolute Gasteiger partial charge is 0.356 e. The van der Waals surface area contributed by atoms with Gasteiger partial charge in [-0.1, -0.05) is 20.3 Å². The lowest BCUT2D eigenvalue weighted by Gasteiger charge is -2.25. The SMILES string of the molecule is CC(C)CCNC(=O)CCCCS(=O)(=O)N1CCCCC1. The van der Waals surface area contributed by atoms with Crippen molar-refractivity contribution in [2.24, 2.45) is 5.92 Å². The number of hydrogen-bond donors (Lipinski definition) is 1. The highest BCUT2D eigenvalue weighted by molar-refractivity contribution is 7.89. The van der Waals surface area contributed by atoms with Crippen molar-refractivity contribution in [3.8, 4) is 0 Å². The zero-order chi connectivity index (χ0) is 15.7. The third kappa shape index (κ3) is 7.81. The van der Waals surface area contributed by atoms with Crippen molar-refractivity contribution in [3.63, 3.8) is 0 Å². The van der Waals surface area contributed by atoms with Crippen LogP contribution in [0.1, 0.15) is 58.8 Å². The molecule has 6 heteroatoms. The van der Waals surface area contributed by atoms with Crippen molar-refractivity contribution in [2.75, 3.05) is 25.4 Å². The van der Waals surface area contributed by atoms with Crippen molar-refractivity contribution in [3.05, 3.63) is 0 Å². The molecule has 1 saturated heterocycles. The van der Waals surface area contributed by atoms with Crippen LogP contribution in [0.15, 0.2) is 0 Å². The molecule has 0 aromatic rings. The Bertz CT molecular complexity index is 401. The maximum absolute atomic E-state index is 12.1. The Balaban J connectivity index is 2.13. The van der Waals surface area contributed by atoms with E-state index in [1.165, 1.54) is 0 Å². The molecule has 124 valence electrons. The van der Waals surface area contributed by atoms with Crippen molar-refractivity contribution < 1.29 is 13.2 Å². The molecule has 1 rings (SSSR count). The zero-order valence-corrected chi connectivity index (χ0v) is 14.3. The standard InChI is InChI=1S/C15H30N2O3S/c1-14(2)9-10-16-15(18)8-4-7-13-21(19,20)17-11-5-3-6-12-17/h14H,3-13H2,1-2H3,(H,16,18). The maximum Gasteiger partial charge on any atom is 0.219 e. The molecule has 0 radical (unpaired) electrons. The van der Waals surface area contributed by atoms with E-state index in [0.717, 1.165) is 25.7 Å². The van der Waals surface area contributed by atoms with E-state index in [9.17, 15) is 13.2 Å². The summed E-state index contributed by atoms with van der Waals surface area (Å²) in [5.41, 5.74) is 0. The molecule has 5 nitrogen and oxygen atoms in total. The number of piperidine rings is 1. The van der Waals surface area contributed by atoms with Gasteiger partial charge in [0.05, 0.1) is 5.75 Å². The average Bonchev–Trinajstić information content (AvgIpc) is 2.44. The van der Waals surface area contributed by atoms with Crippen LogP contribution in [0, 0.1) is 5.92 Å². The van der Waals surface area contributed by atoms with Crippen LogP contribution in [-0.4, -0.2) is 44.0 Å². The van der Waals surface area contributed by atoms with E-state index in [4.69, 9.17) is 0 Å². The number of sulfonamides is 1. The first-order valence-corrected chi connectivity index (χ1v) is 9.77.